The molecule has 0 fully saturated rings. The summed E-state index contributed by atoms with van der Waals surface area (Å²) in [5.74, 6) is 0.0446. The van der Waals surface area contributed by atoms with Crippen molar-refractivity contribution in [3.63, 3.8) is 0 Å². The zero-order valence-electron chi connectivity index (χ0n) is 17.8. The van der Waals surface area contributed by atoms with Gasteiger partial charge in [0.05, 0.1) is 30.4 Å². The summed E-state index contributed by atoms with van der Waals surface area (Å²) >= 11 is 0. The lowest BCUT2D eigenvalue weighted by Crippen LogP contribution is -2.32. The minimum atomic E-state index is -0.554. The highest BCUT2D eigenvalue weighted by Gasteiger charge is 2.40. The molecular formula is C24H19N3O6. The van der Waals surface area contributed by atoms with E-state index in [0.29, 0.717) is 28.4 Å². The number of hydrogen-bond acceptors (Lipinski definition) is 7. The van der Waals surface area contributed by atoms with E-state index in [1.165, 1.54) is 38.5 Å². The summed E-state index contributed by atoms with van der Waals surface area (Å²) in [5.41, 5.74) is 1.33. The van der Waals surface area contributed by atoms with Crippen molar-refractivity contribution in [1.82, 2.24) is 0 Å². The lowest BCUT2D eigenvalue weighted by atomic mass is 10.0. The molecule has 0 spiro atoms. The summed E-state index contributed by atoms with van der Waals surface area (Å²) in [5, 5.41) is 14.1. The number of carbonyl (C=O) groups is 2. The van der Waals surface area contributed by atoms with Crippen LogP contribution in [0.4, 0.5) is 17.1 Å². The van der Waals surface area contributed by atoms with Crippen LogP contribution in [0.1, 0.15) is 5.56 Å². The van der Waals surface area contributed by atoms with Gasteiger partial charge in [-0.3, -0.25) is 19.7 Å². The van der Waals surface area contributed by atoms with Crippen LogP contribution in [-0.4, -0.2) is 31.0 Å². The van der Waals surface area contributed by atoms with Gasteiger partial charge in [0, 0.05) is 23.9 Å². The van der Waals surface area contributed by atoms with Crippen LogP contribution in [0.5, 0.6) is 11.5 Å². The Morgan fingerprint density at radius 1 is 0.848 bits per heavy atom. The van der Waals surface area contributed by atoms with Crippen LogP contribution in [0.2, 0.25) is 0 Å². The summed E-state index contributed by atoms with van der Waals surface area (Å²) in [6.45, 7) is 0. The van der Waals surface area contributed by atoms with E-state index in [9.17, 15) is 19.7 Å². The molecule has 4 rings (SSSR count). The lowest BCUT2D eigenvalue weighted by molar-refractivity contribution is -0.384. The maximum Gasteiger partial charge on any atom is 0.282 e. The van der Waals surface area contributed by atoms with Gasteiger partial charge in [0.15, 0.2) is 0 Å². The molecule has 0 atom stereocenters. The number of nitrogens with zero attached hydrogens (tertiary/aromatic N) is 2. The van der Waals surface area contributed by atoms with Crippen LogP contribution in [0.15, 0.2) is 78.5 Å². The van der Waals surface area contributed by atoms with Crippen molar-refractivity contribution >= 4 is 34.4 Å². The van der Waals surface area contributed by atoms with Crippen LogP contribution >= 0.6 is 0 Å². The highest BCUT2D eigenvalue weighted by Crippen LogP contribution is 2.35. The second kappa shape index (κ2) is 8.83. The van der Waals surface area contributed by atoms with Gasteiger partial charge in [0.25, 0.3) is 17.5 Å². The number of nitro benzene ring substituents is 1. The van der Waals surface area contributed by atoms with Gasteiger partial charge < -0.3 is 14.8 Å². The molecule has 1 heterocycles. The quantitative estimate of drug-likeness (QED) is 0.332. The Morgan fingerprint density at radius 2 is 1.52 bits per heavy atom. The SMILES string of the molecule is COc1ccc(N2C(=O)C(Nc3cccc(OC)c3)=C(c3ccc([N+](=O)[O-])cc3)C2=O)cc1. The van der Waals surface area contributed by atoms with Crippen molar-refractivity contribution in [2.24, 2.45) is 0 Å². The van der Waals surface area contributed by atoms with E-state index in [1.807, 2.05) is 0 Å². The van der Waals surface area contributed by atoms with Crippen molar-refractivity contribution in [2.75, 3.05) is 24.4 Å². The van der Waals surface area contributed by atoms with Crippen LogP contribution in [-0.2, 0) is 9.59 Å². The van der Waals surface area contributed by atoms with Crippen LogP contribution in [0, 0.1) is 10.1 Å². The molecule has 0 aliphatic carbocycles. The van der Waals surface area contributed by atoms with E-state index in [4.69, 9.17) is 9.47 Å². The molecule has 3 aromatic carbocycles. The number of anilines is 2. The first-order valence-electron chi connectivity index (χ1n) is 9.86. The largest absolute Gasteiger partial charge is 0.497 e. The van der Waals surface area contributed by atoms with E-state index in [0.717, 1.165) is 4.90 Å². The number of nitro groups is 1. The van der Waals surface area contributed by atoms with Crippen molar-refractivity contribution in [2.45, 2.75) is 0 Å². The van der Waals surface area contributed by atoms with Crippen LogP contribution in [0.3, 0.4) is 0 Å². The highest BCUT2D eigenvalue weighted by molar-refractivity contribution is 6.46. The lowest BCUT2D eigenvalue weighted by Gasteiger charge is -2.16. The first-order chi connectivity index (χ1) is 15.9. The normalized spacial score (nSPS) is 13.3. The van der Waals surface area contributed by atoms with Gasteiger partial charge in [0.1, 0.15) is 17.2 Å². The first-order valence-corrected chi connectivity index (χ1v) is 9.86. The molecule has 1 N–H and O–H groups in total. The third-order valence-electron chi connectivity index (χ3n) is 5.12. The van der Waals surface area contributed by atoms with Crippen molar-refractivity contribution in [3.05, 3.63) is 94.2 Å². The van der Waals surface area contributed by atoms with E-state index < -0.39 is 16.7 Å². The predicted molar refractivity (Wildman–Crippen MR) is 122 cm³/mol. The van der Waals surface area contributed by atoms with Gasteiger partial charge in [0.2, 0.25) is 0 Å². The molecule has 0 aromatic heterocycles. The van der Waals surface area contributed by atoms with Crippen LogP contribution in [0.25, 0.3) is 5.57 Å². The molecule has 0 unspecified atom stereocenters. The molecule has 2 amide bonds. The van der Waals surface area contributed by atoms with Crippen molar-refractivity contribution in [3.8, 4) is 11.5 Å². The van der Waals surface area contributed by atoms with Gasteiger partial charge in [-0.05, 0) is 54.1 Å². The predicted octanol–water partition coefficient (Wildman–Crippen LogP) is 4.01. The molecule has 3 aromatic rings. The van der Waals surface area contributed by atoms with E-state index in [2.05, 4.69) is 5.32 Å². The average molecular weight is 445 g/mol. The first kappa shape index (κ1) is 21.6. The molecule has 9 nitrogen and oxygen atoms in total. The van der Waals surface area contributed by atoms with Gasteiger partial charge in [-0.15, -0.1) is 0 Å². The van der Waals surface area contributed by atoms with Gasteiger partial charge >= 0.3 is 0 Å². The molecule has 166 valence electrons. The number of imide groups is 1. The molecule has 0 radical (unpaired) electrons. The Labute approximate surface area is 189 Å². The van der Waals surface area contributed by atoms with Gasteiger partial charge in [-0.25, -0.2) is 4.90 Å². The Bertz CT molecular complexity index is 1270. The zero-order chi connectivity index (χ0) is 23.5. The number of nitrogens with one attached hydrogen (secondary N) is 1. The molecule has 0 saturated heterocycles. The number of non-ortho nitro benzene ring substituents is 1. The van der Waals surface area contributed by atoms with Crippen molar-refractivity contribution < 1.29 is 24.0 Å². The molecule has 1 aliphatic rings. The smallest absolute Gasteiger partial charge is 0.282 e. The Balaban J connectivity index is 1.79. The zero-order valence-corrected chi connectivity index (χ0v) is 17.8. The fraction of sp³-hybridized carbons (Fsp3) is 0.0833. The molecule has 1 aliphatic heterocycles. The monoisotopic (exact) mass is 445 g/mol. The van der Waals surface area contributed by atoms with Gasteiger partial charge in [-0.2, -0.15) is 0 Å². The molecule has 33 heavy (non-hydrogen) atoms. The number of amides is 2. The summed E-state index contributed by atoms with van der Waals surface area (Å²) in [4.78, 5) is 38.4. The summed E-state index contributed by atoms with van der Waals surface area (Å²) in [6, 6.07) is 18.9. The Morgan fingerprint density at radius 3 is 2.12 bits per heavy atom. The fourth-order valence-electron chi connectivity index (χ4n) is 3.47. The highest BCUT2D eigenvalue weighted by atomic mass is 16.6. The summed E-state index contributed by atoms with van der Waals surface area (Å²) in [7, 11) is 3.04. The number of rotatable bonds is 7. The number of ether oxygens (including phenoxy) is 2. The van der Waals surface area contributed by atoms with Crippen molar-refractivity contribution in [1.29, 1.82) is 0 Å². The van der Waals surface area contributed by atoms with E-state index >= 15 is 0 Å². The Kier molecular flexibility index (Phi) is 5.77. The van der Waals surface area contributed by atoms with E-state index in [1.54, 1.807) is 48.5 Å². The van der Waals surface area contributed by atoms with E-state index in [-0.39, 0.29) is 17.0 Å². The second-order valence-electron chi connectivity index (χ2n) is 7.05. The third-order valence-corrected chi connectivity index (χ3v) is 5.12. The maximum atomic E-state index is 13.4. The second-order valence-corrected chi connectivity index (χ2v) is 7.05. The number of carbonyl (C=O) groups excluding carboxylic acids is 2. The average Bonchev–Trinajstić information content (AvgIpc) is 3.08. The standard InChI is InChI=1S/C24H19N3O6/c1-32-19-12-10-17(11-13-19)26-23(28)21(15-6-8-18(9-7-15)27(30)31)22(24(26)29)25-16-4-3-5-20(14-16)33-2/h3-14,25H,1-2H3. The molecule has 0 saturated carbocycles. The van der Waals surface area contributed by atoms with Gasteiger partial charge in [-0.1, -0.05) is 6.07 Å². The minimum Gasteiger partial charge on any atom is -0.497 e. The number of hydrogen-bond donors (Lipinski definition) is 1. The summed E-state index contributed by atoms with van der Waals surface area (Å²) in [6.07, 6.45) is 0. The molecular weight excluding hydrogens is 426 g/mol. The molecule has 9 heteroatoms. The number of methoxy groups -OCH3 is 2. The maximum absolute atomic E-state index is 13.4. The molecule has 0 bridgehead atoms. The fourth-order valence-corrected chi connectivity index (χ4v) is 3.47. The Hall–Kier alpha value is -4.66. The minimum absolute atomic E-state index is 0.0536. The number of benzene rings is 3. The third kappa shape index (κ3) is 4.11. The topological polar surface area (TPSA) is 111 Å². The van der Waals surface area contributed by atoms with Crippen LogP contribution < -0.4 is 19.7 Å². The summed E-state index contributed by atoms with van der Waals surface area (Å²) < 4.78 is 10.4.